The van der Waals surface area contributed by atoms with E-state index in [0.29, 0.717) is 5.41 Å². The zero-order valence-electron chi connectivity index (χ0n) is 15.2. The molecular weight excluding hydrogens is 252 g/mol. The van der Waals surface area contributed by atoms with Crippen molar-refractivity contribution in [3.63, 3.8) is 0 Å². The minimum absolute atomic E-state index is 0.183. The van der Waals surface area contributed by atoms with Gasteiger partial charge in [0.15, 0.2) is 0 Å². The van der Waals surface area contributed by atoms with Crippen LogP contribution in [0.1, 0.15) is 73.6 Å². The molecule has 2 aliphatic carbocycles. The molecule has 0 bridgehead atoms. The van der Waals surface area contributed by atoms with Gasteiger partial charge in [0, 0.05) is 5.41 Å². The standard InChI is InChI=1S/C21H36/c1-8-13-20(6,15(3)4)19-12-14-21(7)16(5)10-11-18(21)17(19)9-2/h8,13,16-19H,3,9-12,14H2,1-2,4-7H3/b13-8-. The van der Waals surface area contributed by atoms with Crippen molar-refractivity contribution in [2.75, 3.05) is 0 Å². The van der Waals surface area contributed by atoms with Crippen LogP contribution in [-0.2, 0) is 0 Å². The van der Waals surface area contributed by atoms with E-state index in [9.17, 15) is 0 Å². The van der Waals surface area contributed by atoms with Crippen LogP contribution < -0.4 is 0 Å². The molecule has 6 unspecified atom stereocenters. The average molecular weight is 289 g/mol. The third kappa shape index (κ3) is 2.53. The molecule has 120 valence electrons. The maximum atomic E-state index is 4.36. The Labute approximate surface area is 133 Å². The van der Waals surface area contributed by atoms with Crippen molar-refractivity contribution >= 4 is 0 Å². The SMILES string of the molecule is C=C(C)C(C)(/C=C\C)C1CCC2(C)C(C)CCC2C1CC. The molecule has 2 saturated carbocycles. The maximum Gasteiger partial charge on any atom is 0.00878 e. The van der Waals surface area contributed by atoms with Crippen molar-refractivity contribution in [3.05, 3.63) is 24.3 Å². The lowest BCUT2D eigenvalue weighted by molar-refractivity contribution is -0.0147. The van der Waals surface area contributed by atoms with Crippen LogP contribution in [0.5, 0.6) is 0 Å². The lowest BCUT2D eigenvalue weighted by atomic mass is 9.51. The van der Waals surface area contributed by atoms with Crippen LogP contribution in [0.4, 0.5) is 0 Å². The van der Waals surface area contributed by atoms with Gasteiger partial charge in [-0.2, -0.15) is 0 Å². The monoisotopic (exact) mass is 288 g/mol. The third-order valence-electron chi connectivity index (χ3n) is 7.59. The zero-order valence-corrected chi connectivity index (χ0v) is 15.2. The molecule has 0 heterocycles. The number of hydrogen-bond donors (Lipinski definition) is 0. The number of allylic oxidation sites excluding steroid dienone is 3. The normalized spacial score (nSPS) is 42.8. The first-order chi connectivity index (χ1) is 9.81. The van der Waals surface area contributed by atoms with E-state index in [-0.39, 0.29) is 5.41 Å². The molecule has 0 heteroatoms. The minimum Gasteiger partial charge on any atom is -0.0993 e. The molecular formula is C21H36. The van der Waals surface area contributed by atoms with E-state index >= 15 is 0 Å². The van der Waals surface area contributed by atoms with Crippen molar-refractivity contribution in [1.29, 1.82) is 0 Å². The lowest BCUT2D eigenvalue weighted by Gasteiger charge is -2.53. The highest BCUT2D eigenvalue weighted by molar-refractivity contribution is 5.20. The summed E-state index contributed by atoms with van der Waals surface area (Å²) >= 11 is 0. The summed E-state index contributed by atoms with van der Waals surface area (Å²) in [7, 11) is 0. The molecule has 0 N–H and O–H groups in total. The van der Waals surface area contributed by atoms with E-state index in [1.807, 2.05) is 0 Å². The molecule has 21 heavy (non-hydrogen) atoms. The Morgan fingerprint density at radius 2 is 2.00 bits per heavy atom. The Morgan fingerprint density at radius 1 is 1.33 bits per heavy atom. The summed E-state index contributed by atoms with van der Waals surface area (Å²) in [4.78, 5) is 0. The Hall–Kier alpha value is -0.520. The molecule has 0 radical (unpaired) electrons. The molecule has 0 amide bonds. The summed E-state index contributed by atoms with van der Waals surface area (Å²) in [5, 5.41) is 0. The van der Waals surface area contributed by atoms with Gasteiger partial charge in [0.1, 0.15) is 0 Å². The van der Waals surface area contributed by atoms with Crippen LogP contribution in [0.3, 0.4) is 0 Å². The Bertz CT molecular complexity index is 418. The van der Waals surface area contributed by atoms with Gasteiger partial charge in [0.2, 0.25) is 0 Å². The van der Waals surface area contributed by atoms with E-state index in [4.69, 9.17) is 0 Å². The van der Waals surface area contributed by atoms with Gasteiger partial charge in [-0.1, -0.05) is 58.4 Å². The molecule has 0 aromatic heterocycles. The fourth-order valence-corrected chi connectivity index (χ4v) is 5.79. The largest absolute Gasteiger partial charge is 0.0993 e. The number of fused-ring (bicyclic) bond motifs is 1. The molecule has 0 aromatic rings. The fraction of sp³-hybridized carbons (Fsp3) is 0.810. The van der Waals surface area contributed by atoms with Gasteiger partial charge in [0.05, 0.1) is 0 Å². The summed E-state index contributed by atoms with van der Waals surface area (Å²) < 4.78 is 0. The van der Waals surface area contributed by atoms with Gasteiger partial charge in [-0.05, 0) is 68.6 Å². The van der Waals surface area contributed by atoms with Crippen LogP contribution >= 0.6 is 0 Å². The zero-order chi connectivity index (χ0) is 15.8. The Kier molecular flexibility index (Phi) is 4.76. The first-order valence-corrected chi connectivity index (χ1v) is 9.11. The molecule has 6 atom stereocenters. The maximum absolute atomic E-state index is 4.36. The van der Waals surface area contributed by atoms with E-state index < -0.39 is 0 Å². The van der Waals surface area contributed by atoms with Crippen LogP contribution in [0, 0.1) is 34.5 Å². The highest BCUT2D eigenvalue weighted by Gasteiger charge is 2.54. The molecule has 0 aliphatic heterocycles. The molecule has 0 spiro atoms. The van der Waals surface area contributed by atoms with Crippen molar-refractivity contribution in [1.82, 2.24) is 0 Å². The highest BCUT2D eigenvalue weighted by Crippen LogP contribution is 2.62. The van der Waals surface area contributed by atoms with Crippen molar-refractivity contribution < 1.29 is 0 Å². The van der Waals surface area contributed by atoms with Crippen molar-refractivity contribution in [2.24, 2.45) is 34.5 Å². The van der Waals surface area contributed by atoms with Crippen LogP contribution in [-0.4, -0.2) is 0 Å². The Balaban J connectivity index is 2.36. The number of hydrogen-bond acceptors (Lipinski definition) is 0. The fourth-order valence-electron chi connectivity index (χ4n) is 5.79. The van der Waals surface area contributed by atoms with Crippen LogP contribution in [0.25, 0.3) is 0 Å². The van der Waals surface area contributed by atoms with Crippen molar-refractivity contribution in [3.8, 4) is 0 Å². The first-order valence-electron chi connectivity index (χ1n) is 9.11. The van der Waals surface area contributed by atoms with Gasteiger partial charge < -0.3 is 0 Å². The van der Waals surface area contributed by atoms with Gasteiger partial charge in [-0.15, -0.1) is 0 Å². The van der Waals surface area contributed by atoms with Gasteiger partial charge in [-0.3, -0.25) is 0 Å². The average Bonchev–Trinajstić information content (AvgIpc) is 2.73. The second-order valence-corrected chi connectivity index (χ2v) is 8.37. The molecule has 2 fully saturated rings. The Morgan fingerprint density at radius 3 is 2.52 bits per heavy atom. The predicted octanol–water partition coefficient (Wildman–Crippen LogP) is 6.63. The van der Waals surface area contributed by atoms with E-state index in [1.165, 1.54) is 37.7 Å². The van der Waals surface area contributed by atoms with E-state index in [2.05, 4.69) is 60.3 Å². The molecule has 0 nitrogen and oxygen atoms in total. The quantitative estimate of drug-likeness (QED) is 0.509. The highest BCUT2D eigenvalue weighted by atomic mass is 14.6. The summed E-state index contributed by atoms with van der Waals surface area (Å²) in [6.45, 7) is 18.7. The van der Waals surface area contributed by atoms with Gasteiger partial charge >= 0.3 is 0 Å². The summed E-state index contributed by atoms with van der Waals surface area (Å²) in [5.41, 5.74) is 2.13. The summed E-state index contributed by atoms with van der Waals surface area (Å²) in [6.07, 6.45) is 11.7. The first kappa shape index (κ1) is 16.8. The van der Waals surface area contributed by atoms with Crippen LogP contribution in [0.2, 0.25) is 0 Å². The molecule has 0 aromatic carbocycles. The van der Waals surface area contributed by atoms with E-state index in [1.54, 1.807) is 0 Å². The minimum atomic E-state index is 0.183. The molecule has 2 aliphatic rings. The second-order valence-electron chi connectivity index (χ2n) is 8.37. The van der Waals surface area contributed by atoms with Crippen LogP contribution in [0.15, 0.2) is 24.3 Å². The molecule has 2 rings (SSSR count). The predicted molar refractivity (Wildman–Crippen MR) is 94.2 cm³/mol. The summed E-state index contributed by atoms with van der Waals surface area (Å²) in [6, 6.07) is 0. The van der Waals surface area contributed by atoms with Gasteiger partial charge in [0.25, 0.3) is 0 Å². The third-order valence-corrected chi connectivity index (χ3v) is 7.59. The van der Waals surface area contributed by atoms with Gasteiger partial charge in [-0.25, -0.2) is 0 Å². The molecule has 0 saturated heterocycles. The number of rotatable bonds is 4. The lowest BCUT2D eigenvalue weighted by Crippen LogP contribution is -2.45. The van der Waals surface area contributed by atoms with E-state index in [0.717, 1.165) is 23.7 Å². The van der Waals surface area contributed by atoms with Crippen molar-refractivity contribution in [2.45, 2.75) is 73.6 Å². The topological polar surface area (TPSA) is 0 Å². The summed E-state index contributed by atoms with van der Waals surface area (Å²) in [5.74, 6) is 3.49. The smallest absolute Gasteiger partial charge is 0.00878 e. The second kappa shape index (κ2) is 5.94.